The molecule has 1 aliphatic rings. The Hall–Kier alpha value is -2.65. The molecule has 1 atom stereocenters. The van der Waals surface area contributed by atoms with Crippen LogP contribution in [0.5, 0.6) is 0 Å². The van der Waals surface area contributed by atoms with Gasteiger partial charge in [-0.2, -0.15) is 13.2 Å². The van der Waals surface area contributed by atoms with Crippen LogP contribution in [0.4, 0.5) is 13.2 Å². The maximum absolute atomic E-state index is 12.3. The molecule has 3 N–H and O–H groups in total. The predicted molar refractivity (Wildman–Crippen MR) is 89.4 cm³/mol. The Morgan fingerprint density at radius 3 is 2.52 bits per heavy atom. The summed E-state index contributed by atoms with van der Waals surface area (Å²) in [5.74, 6) is -2.48. The maximum atomic E-state index is 12.3. The molecule has 0 aliphatic carbocycles. The summed E-state index contributed by atoms with van der Waals surface area (Å²) in [5.41, 5.74) is 6.12. The van der Waals surface area contributed by atoms with Gasteiger partial charge in [-0.05, 0) is 36.8 Å². The first-order valence-electron chi connectivity index (χ1n) is 8.34. The molecule has 1 saturated heterocycles. The second-order valence-electron chi connectivity index (χ2n) is 6.19. The van der Waals surface area contributed by atoms with Crippen LogP contribution in [0.3, 0.4) is 0 Å². The third kappa shape index (κ3) is 9.02. The van der Waals surface area contributed by atoms with Gasteiger partial charge < -0.3 is 15.7 Å². The Bertz CT molecular complexity index is 638. The maximum Gasteiger partial charge on any atom is 0.490 e. The number of aliphatic carboxylic acids is 1. The van der Waals surface area contributed by atoms with Gasteiger partial charge in [0, 0.05) is 31.9 Å². The minimum absolute atomic E-state index is 0.141. The van der Waals surface area contributed by atoms with Crippen LogP contribution in [0, 0.1) is 5.92 Å². The van der Waals surface area contributed by atoms with Crippen LogP contribution in [-0.4, -0.2) is 52.0 Å². The quantitative estimate of drug-likeness (QED) is 0.797. The molecule has 2 rings (SSSR count). The number of carbonyl (C=O) groups is 3. The summed E-state index contributed by atoms with van der Waals surface area (Å²) in [4.78, 5) is 37.9. The van der Waals surface area contributed by atoms with Crippen molar-refractivity contribution in [2.24, 2.45) is 11.7 Å². The van der Waals surface area contributed by atoms with Crippen molar-refractivity contribution in [3.63, 3.8) is 0 Å². The topological polar surface area (TPSA) is 114 Å². The molecule has 0 radical (unpaired) electrons. The van der Waals surface area contributed by atoms with Gasteiger partial charge in [0.15, 0.2) is 0 Å². The summed E-state index contributed by atoms with van der Waals surface area (Å²) in [7, 11) is 0. The zero-order valence-electron chi connectivity index (χ0n) is 14.6. The van der Waals surface area contributed by atoms with E-state index in [0.717, 1.165) is 37.9 Å². The van der Waals surface area contributed by atoms with Crippen molar-refractivity contribution in [2.75, 3.05) is 13.1 Å². The van der Waals surface area contributed by atoms with E-state index in [1.807, 2.05) is 17.0 Å². The van der Waals surface area contributed by atoms with Crippen LogP contribution in [0.25, 0.3) is 0 Å². The molecule has 1 aromatic heterocycles. The average Bonchev–Trinajstić information content (AvgIpc) is 2.61. The first kappa shape index (κ1) is 22.4. The number of pyridine rings is 1. The summed E-state index contributed by atoms with van der Waals surface area (Å²) in [6.45, 7) is 1.55. The number of aromatic nitrogens is 1. The van der Waals surface area contributed by atoms with E-state index in [2.05, 4.69) is 4.98 Å². The van der Waals surface area contributed by atoms with Crippen molar-refractivity contribution >= 4 is 17.8 Å². The van der Waals surface area contributed by atoms with E-state index in [0.29, 0.717) is 18.8 Å². The monoisotopic (exact) mass is 389 g/mol. The Balaban J connectivity index is 0.000000445. The first-order chi connectivity index (χ1) is 12.6. The Kier molecular flexibility index (Phi) is 8.70. The van der Waals surface area contributed by atoms with Gasteiger partial charge in [-0.3, -0.25) is 14.6 Å². The summed E-state index contributed by atoms with van der Waals surface area (Å²) in [6, 6.07) is 3.76. The molecular weight excluding hydrogens is 367 g/mol. The molecule has 1 unspecified atom stereocenters. The molecule has 1 aliphatic heterocycles. The molecule has 10 heteroatoms. The Morgan fingerprint density at radius 2 is 2.00 bits per heavy atom. The molecule has 7 nitrogen and oxygen atoms in total. The molecule has 150 valence electrons. The highest BCUT2D eigenvalue weighted by atomic mass is 19.4. The van der Waals surface area contributed by atoms with E-state index in [9.17, 15) is 22.8 Å². The minimum Gasteiger partial charge on any atom is -0.475 e. The number of halogens is 3. The van der Waals surface area contributed by atoms with Gasteiger partial charge >= 0.3 is 12.1 Å². The molecule has 0 aromatic carbocycles. The SMILES string of the molecule is NC(=O)CCC1CCCN(C(=O)Cc2cccnc2)C1.O=C(O)C(F)(F)F. The van der Waals surface area contributed by atoms with Gasteiger partial charge in [0.05, 0.1) is 6.42 Å². The third-order valence-corrected chi connectivity index (χ3v) is 3.99. The lowest BCUT2D eigenvalue weighted by Gasteiger charge is -2.32. The Morgan fingerprint density at radius 1 is 1.33 bits per heavy atom. The van der Waals surface area contributed by atoms with Gasteiger partial charge in [0.1, 0.15) is 0 Å². The predicted octanol–water partition coefficient (Wildman–Crippen LogP) is 1.76. The van der Waals surface area contributed by atoms with E-state index >= 15 is 0 Å². The van der Waals surface area contributed by atoms with E-state index in [4.69, 9.17) is 15.6 Å². The van der Waals surface area contributed by atoms with Crippen LogP contribution in [0.1, 0.15) is 31.2 Å². The van der Waals surface area contributed by atoms with Crippen molar-refractivity contribution in [3.05, 3.63) is 30.1 Å². The van der Waals surface area contributed by atoms with Crippen LogP contribution in [0.2, 0.25) is 0 Å². The number of amides is 2. The smallest absolute Gasteiger partial charge is 0.475 e. The number of rotatable bonds is 5. The zero-order valence-corrected chi connectivity index (χ0v) is 14.6. The molecule has 2 amide bonds. The fraction of sp³-hybridized carbons (Fsp3) is 0.529. The number of hydrogen-bond acceptors (Lipinski definition) is 4. The summed E-state index contributed by atoms with van der Waals surface area (Å²) in [6.07, 6.45) is 2.02. The fourth-order valence-electron chi connectivity index (χ4n) is 2.66. The second kappa shape index (κ2) is 10.5. The minimum atomic E-state index is -5.08. The number of carboxylic acid groups (broad SMARTS) is 1. The number of piperidine rings is 1. The molecule has 1 aromatic rings. The van der Waals surface area contributed by atoms with E-state index < -0.39 is 12.1 Å². The summed E-state index contributed by atoms with van der Waals surface area (Å²) < 4.78 is 31.7. The molecule has 1 fully saturated rings. The highest BCUT2D eigenvalue weighted by Crippen LogP contribution is 2.21. The number of nitrogens with two attached hydrogens (primary N) is 1. The number of primary amides is 1. The van der Waals surface area contributed by atoms with Crippen molar-refractivity contribution in [1.82, 2.24) is 9.88 Å². The molecule has 0 saturated carbocycles. The number of carbonyl (C=O) groups excluding carboxylic acids is 2. The van der Waals surface area contributed by atoms with Crippen molar-refractivity contribution in [3.8, 4) is 0 Å². The lowest BCUT2D eigenvalue weighted by molar-refractivity contribution is -0.192. The number of nitrogens with zero attached hydrogens (tertiary/aromatic N) is 2. The average molecular weight is 389 g/mol. The normalized spacial score (nSPS) is 16.9. The lowest BCUT2D eigenvalue weighted by atomic mass is 9.93. The Labute approximate surface area is 154 Å². The molecular formula is C17H22F3N3O4. The summed E-state index contributed by atoms with van der Waals surface area (Å²) in [5, 5.41) is 7.12. The zero-order chi connectivity index (χ0) is 20.4. The van der Waals surface area contributed by atoms with Crippen molar-refractivity contribution in [2.45, 2.75) is 38.3 Å². The summed E-state index contributed by atoms with van der Waals surface area (Å²) >= 11 is 0. The van der Waals surface area contributed by atoms with Crippen LogP contribution in [0.15, 0.2) is 24.5 Å². The lowest BCUT2D eigenvalue weighted by Crippen LogP contribution is -2.41. The molecule has 0 spiro atoms. The number of hydrogen-bond donors (Lipinski definition) is 2. The second-order valence-corrected chi connectivity index (χ2v) is 6.19. The van der Waals surface area contributed by atoms with Crippen molar-refractivity contribution in [1.29, 1.82) is 0 Å². The molecule has 0 bridgehead atoms. The fourth-order valence-corrected chi connectivity index (χ4v) is 2.66. The van der Waals surface area contributed by atoms with Gasteiger partial charge in [0.25, 0.3) is 0 Å². The number of likely N-dealkylation sites (tertiary alicyclic amines) is 1. The van der Waals surface area contributed by atoms with Gasteiger partial charge in [0.2, 0.25) is 11.8 Å². The highest BCUT2D eigenvalue weighted by molar-refractivity contribution is 5.78. The van der Waals surface area contributed by atoms with Gasteiger partial charge in [-0.1, -0.05) is 6.07 Å². The third-order valence-electron chi connectivity index (χ3n) is 3.99. The number of carboxylic acids is 1. The van der Waals surface area contributed by atoms with Gasteiger partial charge in [-0.15, -0.1) is 0 Å². The van der Waals surface area contributed by atoms with Gasteiger partial charge in [-0.25, -0.2) is 4.79 Å². The number of alkyl halides is 3. The molecule has 27 heavy (non-hydrogen) atoms. The van der Waals surface area contributed by atoms with Crippen LogP contribution < -0.4 is 5.73 Å². The highest BCUT2D eigenvalue weighted by Gasteiger charge is 2.38. The van der Waals surface area contributed by atoms with Crippen LogP contribution in [-0.2, 0) is 20.8 Å². The van der Waals surface area contributed by atoms with Crippen LogP contribution >= 0.6 is 0 Å². The van der Waals surface area contributed by atoms with E-state index in [-0.39, 0.29) is 11.8 Å². The van der Waals surface area contributed by atoms with Crippen molar-refractivity contribution < 1.29 is 32.7 Å². The largest absolute Gasteiger partial charge is 0.490 e. The molecule has 2 heterocycles. The van der Waals surface area contributed by atoms with E-state index in [1.165, 1.54) is 0 Å². The van der Waals surface area contributed by atoms with E-state index in [1.54, 1.807) is 12.4 Å². The first-order valence-corrected chi connectivity index (χ1v) is 8.34. The standard InChI is InChI=1S/C15H21N3O2.C2HF3O2/c16-14(19)6-5-12-4-2-8-18(11-12)15(20)9-13-3-1-7-17-10-13;3-2(4,5)1(6)7/h1,3,7,10,12H,2,4-6,8-9,11H2,(H2,16,19);(H,6,7).